The summed E-state index contributed by atoms with van der Waals surface area (Å²) in [6, 6.07) is 0. The fourth-order valence-electron chi connectivity index (χ4n) is 1.09. The Morgan fingerprint density at radius 2 is 2.32 bits per heavy atom. The molecule has 0 radical (unpaired) electrons. The van der Waals surface area contributed by atoms with E-state index in [1.54, 1.807) is 0 Å². The van der Waals surface area contributed by atoms with Crippen molar-refractivity contribution in [2.45, 2.75) is 32.9 Å². The van der Waals surface area contributed by atoms with E-state index in [-0.39, 0.29) is 25.6 Å². The van der Waals surface area contributed by atoms with Crippen LogP contribution in [0.4, 0.5) is 9.59 Å². The summed E-state index contributed by atoms with van der Waals surface area (Å²) in [6.45, 7) is 1.85. The van der Waals surface area contributed by atoms with E-state index in [4.69, 9.17) is 9.52 Å². The van der Waals surface area contributed by atoms with Crippen molar-refractivity contribution < 1.29 is 28.6 Å². The molecule has 0 aromatic carbocycles. The van der Waals surface area contributed by atoms with Gasteiger partial charge in [-0.3, -0.25) is 0 Å². The van der Waals surface area contributed by atoms with Crippen LogP contribution in [0.15, 0.2) is 10.7 Å². The summed E-state index contributed by atoms with van der Waals surface area (Å²) in [6.07, 6.45) is 0.842. The fraction of sp³-hybridized carbons (Fsp3) is 0.545. The van der Waals surface area contributed by atoms with E-state index in [2.05, 4.69) is 19.8 Å². The number of rotatable bonds is 6. The maximum Gasteiger partial charge on any atom is 0.517 e. The molecule has 8 nitrogen and oxygen atoms in total. The lowest BCUT2D eigenvalue weighted by Gasteiger charge is -2.04. The van der Waals surface area contributed by atoms with Crippen LogP contribution in [0, 0.1) is 0 Å². The van der Waals surface area contributed by atoms with E-state index in [9.17, 15) is 9.59 Å². The minimum absolute atomic E-state index is 0.0545. The average Bonchev–Trinajstić information content (AvgIpc) is 2.84. The van der Waals surface area contributed by atoms with Gasteiger partial charge in [0, 0.05) is 0 Å². The lowest BCUT2D eigenvalue weighted by Crippen LogP contribution is -2.27. The first-order valence-electron chi connectivity index (χ1n) is 5.82. The number of nitrogens with zero attached hydrogens (tertiary/aromatic N) is 1. The Balaban J connectivity index is 2.22. The summed E-state index contributed by atoms with van der Waals surface area (Å²) in [4.78, 5) is 26.0. The highest BCUT2D eigenvalue weighted by atomic mass is 16.7. The number of hydrogen-bond donors (Lipinski definition) is 2. The Morgan fingerprint density at radius 3 is 2.95 bits per heavy atom. The number of aliphatic hydroxyl groups is 1. The molecular weight excluding hydrogens is 256 g/mol. The highest BCUT2D eigenvalue weighted by Crippen LogP contribution is 2.01. The van der Waals surface area contributed by atoms with Gasteiger partial charge in [-0.2, -0.15) is 0 Å². The lowest BCUT2D eigenvalue weighted by molar-refractivity contribution is 0.0737. The molecule has 0 aliphatic heterocycles. The molecule has 1 aromatic heterocycles. The van der Waals surface area contributed by atoms with Gasteiger partial charge >= 0.3 is 12.2 Å². The predicted molar refractivity (Wildman–Crippen MR) is 62.0 cm³/mol. The first kappa shape index (κ1) is 15.0. The predicted octanol–water partition coefficient (Wildman–Crippen LogP) is 1.33. The molecule has 0 spiro atoms. The molecule has 1 heterocycles. The standard InChI is InChI=1S/C11H16N2O6/c1-2-3-4-17-11(16)19-10(15)12-5-9-13-8(6-14)7-18-9/h7,14H,2-6H2,1H3,(H,12,15). The molecule has 0 aliphatic rings. The van der Waals surface area contributed by atoms with Gasteiger partial charge < -0.3 is 24.3 Å². The fourth-order valence-corrected chi connectivity index (χ4v) is 1.09. The van der Waals surface area contributed by atoms with Crippen molar-refractivity contribution in [3.63, 3.8) is 0 Å². The van der Waals surface area contributed by atoms with Crippen LogP contribution in [0.1, 0.15) is 31.4 Å². The summed E-state index contributed by atoms with van der Waals surface area (Å²) in [7, 11) is 0. The van der Waals surface area contributed by atoms with Gasteiger partial charge in [0.1, 0.15) is 12.0 Å². The van der Waals surface area contributed by atoms with E-state index in [1.165, 1.54) is 6.26 Å². The van der Waals surface area contributed by atoms with Crippen molar-refractivity contribution in [2.75, 3.05) is 6.61 Å². The number of aromatic nitrogens is 1. The number of hydrogen-bond acceptors (Lipinski definition) is 7. The van der Waals surface area contributed by atoms with Crippen molar-refractivity contribution in [2.24, 2.45) is 0 Å². The SMILES string of the molecule is CCCCOC(=O)OC(=O)NCc1nc(CO)co1. The number of carbonyl (C=O) groups excluding carboxylic acids is 2. The van der Waals surface area contributed by atoms with Crippen molar-refractivity contribution in [1.82, 2.24) is 10.3 Å². The third kappa shape index (κ3) is 5.87. The highest BCUT2D eigenvalue weighted by Gasteiger charge is 2.12. The van der Waals surface area contributed by atoms with Gasteiger partial charge in [0.25, 0.3) is 0 Å². The summed E-state index contributed by atoms with van der Waals surface area (Å²) in [5.74, 6) is 0.195. The van der Waals surface area contributed by atoms with E-state index in [1.807, 2.05) is 6.92 Å². The minimum Gasteiger partial charge on any atom is -0.447 e. The Kier molecular flexibility index (Phi) is 6.37. The highest BCUT2D eigenvalue weighted by molar-refractivity contribution is 5.80. The molecule has 0 aliphatic carbocycles. The Hall–Kier alpha value is -2.09. The molecule has 0 atom stereocenters. The van der Waals surface area contributed by atoms with Gasteiger partial charge in [-0.1, -0.05) is 13.3 Å². The van der Waals surface area contributed by atoms with Crippen LogP contribution >= 0.6 is 0 Å². The second kappa shape index (κ2) is 8.09. The molecule has 1 aromatic rings. The summed E-state index contributed by atoms with van der Waals surface area (Å²) < 4.78 is 13.9. The first-order valence-corrected chi connectivity index (χ1v) is 5.82. The summed E-state index contributed by atoms with van der Waals surface area (Å²) in [5, 5.41) is 11.0. The molecule has 0 saturated carbocycles. The van der Waals surface area contributed by atoms with Gasteiger partial charge in [0.05, 0.1) is 19.8 Å². The molecule has 106 valence electrons. The van der Waals surface area contributed by atoms with Crippen LogP contribution in [-0.2, 0) is 22.6 Å². The first-order chi connectivity index (χ1) is 9.15. The van der Waals surface area contributed by atoms with Gasteiger partial charge in [-0.15, -0.1) is 0 Å². The number of aliphatic hydroxyl groups excluding tert-OH is 1. The van der Waals surface area contributed by atoms with E-state index >= 15 is 0 Å². The van der Waals surface area contributed by atoms with E-state index < -0.39 is 12.2 Å². The van der Waals surface area contributed by atoms with E-state index in [0.29, 0.717) is 12.1 Å². The Bertz CT molecular complexity index is 417. The van der Waals surface area contributed by atoms with Gasteiger partial charge in [0.2, 0.25) is 5.89 Å². The maximum absolute atomic E-state index is 11.2. The average molecular weight is 272 g/mol. The molecule has 8 heteroatoms. The molecule has 19 heavy (non-hydrogen) atoms. The van der Waals surface area contributed by atoms with Crippen LogP contribution < -0.4 is 5.32 Å². The largest absolute Gasteiger partial charge is 0.517 e. The minimum atomic E-state index is -1.05. The molecular formula is C11H16N2O6. The number of unbranched alkanes of at least 4 members (excludes halogenated alkanes) is 1. The normalized spacial score (nSPS) is 10.0. The van der Waals surface area contributed by atoms with Crippen molar-refractivity contribution >= 4 is 12.2 Å². The maximum atomic E-state index is 11.2. The van der Waals surface area contributed by atoms with Crippen molar-refractivity contribution in [1.29, 1.82) is 0 Å². The molecule has 0 saturated heterocycles. The van der Waals surface area contributed by atoms with Crippen LogP contribution in [0.3, 0.4) is 0 Å². The Morgan fingerprint density at radius 1 is 1.53 bits per heavy atom. The number of oxazole rings is 1. The third-order valence-electron chi connectivity index (χ3n) is 2.04. The smallest absolute Gasteiger partial charge is 0.447 e. The summed E-state index contributed by atoms with van der Waals surface area (Å²) in [5.41, 5.74) is 0.351. The van der Waals surface area contributed by atoms with Gasteiger partial charge in [-0.25, -0.2) is 14.6 Å². The van der Waals surface area contributed by atoms with E-state index in [0.717, 1.165) is 6.42 Å². The van der Waals surface area contributed by atoms with Crippen LogP contribution in [-0.4, -0.2) is 28.9 Å². The zero-order chi connectivity index (χ0) is 14.1. The zero-order valence-electron chi connectivity index (χ0n) is 10.5. The third-order valence-corrected chi connectivity index (χ3v) is 2.04. The quantitative estimate of drug-likeness (QED) is 0.456. The number of alkyl carbamates (subject to hydrolysis) is 1. The zero-order valence-corrected chi connectivity index (χ0v) is 10.5. The van der Waals surface area contributed by atoms with Gasteiger partial charge in [0.15, 0.2) is 0 Å². The van der Waals surface area contributed by atoms with Crippen LogP contribution in [0.25, 0.3) is 0 Å². The topological polar surface area (TPSA) is 111 Å². The number of ether oxygens (including phenoxy) is 2. The van der Waals surface area contributed by atoms with Crippen LogP contribution in [0.2, 0.25) is 0 Å². The molecule has 1 amide bonds. The Labute approximate surface area is 109 Å². The van der Waals surface area contributed by atoms with Crippen LogP contribution in [0.5, 0.6) is 0 Å². The molecule has 0 bridgehead atoms. The number of amides is 1. The monoisotopic (exact) mass is 272 g/mol. The van der Waals surface area contributed by atoms with Crippen molar-refractivity contribution in [3.05, 3.63) is 17.8 Å². The lowest BCUT2D eigenvalue weighted by atomic mass is 10.4. The van der Waals surface area contributed by atoms with Crippen molar-refractivity contribution in [3.8, 4) is 0 Å². The molecule has 0 unspecified atom stereocenters. The second-order valence-corrected chi connectivity index (χ2v) is 3.59. The molecule has 2 N–H and O–H groups in total. The molecule has 0 fully saturated rings. The number of nitrogens with one attached hydrogen (secondary N) is 1. The molecule has 1 rings (SSSR count). The van der Waals surface area contributed by atoms with Gasteiger partial charge in [-0.05, 0) is 6.42 Å². The second-order valence-electron chi connectivity index (χ2n) is 3.59. The summed E-state index contributed by atoms with van der Waals surface area (Å²) >= 11 is 0. The number of carbonyl (C=O) groups is 2.